The van der Waals surface area contributed by atoms with Gasteiger partial charge in [0, 0.05) is 12.3 Å². The summed E-state index contributed by atoms with van der Waals surface area (Å²) in [5.74, 6) is -1.32. The maximum atomic E-state index is 11.3. The molecule has 18 heavy (non-hydrogen) atoms. The van der Waals surface area contributed by atoms with Crippen LogP contribution in [0.25, 0.3) is 5.69 Å². The fraction of sp³-hybridized carbons (Fsp3) is 0.154. The van der Waals surface area contributed by atoms with Crippen molar-refractivity contribution < 1.29 is 9.90 Å². The molecule has 0 saturated carbocycles. The number of aromatic carboxylic acids is 1. The van der Waals surface area contributed by atoms with Crippen LogP contribution in [0.1, 0.15) is 21.6 Å². The molecule has 0 fully saturated rings. The molecule has 0 atom stereocenters. The fourth-order valence-corrected chi connectivity index (χ4v) is 1.67. The number of carboxylic acid groups (broad SMARTS) is 1. The van der Waals surface area contributed by atoms with Crippen molar-refractivity contribution in [1.29, 1.82) is 0 Å². The van der Waals surface area contributed by atoms with Crippen molar-refractivity contribution in [2.75, 3.05) is 0 Å². The van der Waals surface area contributed by atoms with Gasteiger partial charge in [0.2, 0.25) is 11.1 Å². The van der Waals surface area contributed by atoms with Gasteiger partial charge in [0.15, 0.2) is 0 Å². The first-order valence-corrected chi connectivity index (χ1v) is 5.40. The number of benzene rings is 1. The molecule has 0 aliphatic heterocycles. The molecule has 0 aliphatic carbocycles. The Morgan fingerprint density at radius 1 is 1.28 bits per heavy atom. The second kappa shape index (κ2) is 4.44. The number of aromatic nitrogens is 2. The fourth-order valence-electron chi connectivity index (χ4n) is 1.67. The van der Waals surface area contributed by atoms with Crippen molar-refractivity contribution >= 4 is 5.97 Å². The molecule has 0 unspecified atom stereocenters. The molecular weight excluding hydrogens is 232 g/mol. The summed E-state index contributed by atoms with van der Waals surface area (Å²) in [4.78, 5) is 22.2. The predicted octanol–water partition coefficient (Wildman–Crippen LogP) is 1.55. The molecule has 1 heterocycles. The van der Waals surface area contributed by atoms with E-state index >= 15 is 0 Å². The number of nitrogens with zero attached hydrogens (tertiary/aromatic N) is 2. The molecular formula is C13H12N2O3. The van der Waals surface area contributed by atoms with E-state index in [9.17, 15) is 9.59 Å². The molecule has 0 bridgehead atoms. The topological polar surface area (TPSA) is 72.2 Å². The van der Waals surface area contributed by atoms with E-state index < -0.39 is 17.1 Å². The average Bonchev–Trinajstić information content (AvgIpc) is 2.33. The number of hydrogen-bond donors (Lipinski definition) is 1. The Morgan fingerprint density at radius 3 is 2.67 bits per heavy atom. The van der Waals surface area contributed by atoms with Gasteiger partial charge in [0.05, 0.1) is 5.69 Å². The molecule has 0 amide bonds. The van der Waals surface area contributed by atoms with Gasteiger partial charge in [-0.3, -0.25) is 4.79 Å². The Balaban J connectivity index is 2.65. The SMILES string of the molecule is Cc1cccc(-n2ccc(=O)c(C(=O)O)n2)c1C. The summed E-state index contributed by atoms with van der Waals surface area (Å²) >= 11 is 0. The lowest BCUT2D eigenvalue weighted by atomic mass is 10.1. The van der Waals surface area contributed by atoms with Crippen LogP contribution in [0.4, 0.5) is 0 Å². The summed E-state index contributed by atoms with van der Waals surface area (Å²) in [6, 6.07) is 6.85. The van der Waals surface area contributed by atoms with Crippen LogP contribution in [-0.2, 0) is 0 Å². The first kappa shape index (κ1) is 12.0. The smallest absolute Gasteiger partial charge is 0.360 e. The molecule has 1 aromatic heterocycles. The van der Waals surface area contributed by atoms with Gasteiger partial charge in [-0.15, -0.1) is 0 Å². The highest BCUT2D eigenvalue weighted by Crippen LogP contribution is 2.15. The zero-order valence-electron chi connectivity index (χ0n) is 10.0. The second-order valence-electron chi connectivity index (χ2n) is 4.00. The monoisotopic (exact) mass is 244 g/mol. The molecule has 92 valence electrons. The van der Waals surface area contributed by atoms with E-state index in [1.165, 1.54) is 16.9 Å². The van der Waals surface area contributed by atoms with Crippen LogP contribution < -0.4 is 5.43 Å². The summed E-state index contributed by atoms with van der Waals surface area (Å²) < 4.78 is 1.41. The Bertz CT molecular complexity index is 674. The van der Waals surface area contributed by atoms with E-state index in [0.29, 0.717) is 0 Å². The van der Waals surface area contributed by atoms with Gasteiger partial charge in [-0.2, -0.15) is 5.10 Å². The van der Waals surface area contributed by atoms with E-state index in [2.05, 4.69) is 5.10 Å². The molecule has 0 aliphatic rings. The Hall–Kier alpha value is -2.43. The van der Waals surface area contributed by atoms with Gasteiger partial charge in [-0.25, -0.2) is 9.48 Å². The van der Waals surface area contributed by atoms with Crippen molar-refractivity contribution in [2.24, 2.45) is 0 Å². The predicted molar refractivity (Wildman–Crippen MR) is 66.3 cm³/mol. The van der Waals surface area contributed by atoms with Crippen molar-refractivity contribution in [3.63, 3.8) is 0 Å². The van der Waals surface area contributed by atoms with Crippen molar-refractivity contribution in [1.82, 2.24) is 9.78 Å². The van der Waals surface area contributed by atoms with Crippen LogP contribution in [0.15, 0.2) is 35.3 Å². The van der Waals surface area contributed by atoms with Gasteiger partial charge in [-0.1, -0.05) is 12.1 Å². The Morgan fingerprint density at radius 2 is 2.00 bits per heavy atom. The molecule has 5 heteroatoms. The normalized spacial score (nSPS) is 10.3. The summed E-state index contributed by atoms with van der Waals surface area (Å²) in [5.41, 5.74) is 1.76. The van der Waals surface area contributed by atoms with Gasteiger partial charge in [0.1, 0.15) is 0 Å². The highest BCUT2D eigenvalue weighted by Gasteiger charge is 2.12. The number of carboxylic acids is 1. The van der Waals surface area contributed by atoms with Gasteiger partial charge < -0.3 is 5.11 Å². The van der Waals surface area contributed by atoms with Crippen LogP contribution >= 0.6 is 0 Å². The minimum atomic E-state index is -1.32. The summed E-state index contributed by atoms with van der Waals surface area (Å²) in [5, 5.41) is 12.7. The second-order valence-corrected chi connectivity index (χ2v) is 4.00. The molecule has 0 spiro atoms. The molecule has 0 saturated heterocycles. The lowest BCUT2D eigenvalue weighted by molar-refractivity contribution is 0.0687. The first-order valence-electron chi connectivity index (χ1n) is 5.40. The van der Waals surface area contributed by atoms with Crippen LogP contribution in [0.5, 0.6) is 0 Å². The van der Waals surface area contributed by atoms with Gasteiger partial charge >= 0.3 is 5.97 Å². The van der Waals surface area contributed by atoms with E-state index in [1.54, 1.807) is 0 Å². The minimum Gasteiger partial charge on any atom is -0.476 e. The van der Waals surface area contributed by atoms with Crippen LogP contribution in [-0.4, -0.2) is 20.9 Å². The zero-order chi connectivity index (χ0) is 13.3. The number of rotatable bonds is 2. The lowest BCUT2D eigenvalue weighted by Gasteiger charge is -2.10. The van der Waals surface area contributed by atoms with E-state index in [-0.39, 0.29) is 0 Å². The average molecular weight is 244 g/mol. The lowest BCUT2D eigenvalue weighted by Crippen LogP contribution is -2.20. The third-order valence-electron chi connectivity index (χ3n) is 2.83. The number of hydrogen-bond acceptors (Lipinski definition) is 3. The molecule has 2 aromatic rings. The molecule has 0 radical (unpaired) electrons. The standard InChI is InChI=1S/C13H12N2O3/c1-8-4-3-5-10(9(8)2)15-7-6-11(16)12(14-15)13(17)18/h3-7H,1-2H3,(H,17,18). The van der Waals surface area contributed by atoms with E-state index in [1.807, 2.05) is 32.0 Å². The third kappa shape index (κ3) is 2.02. The molecule has 1 aromatic carbocycles. The van der Waals surface area contributed by atoms with Gasteiger partial charge in [-0.05, 0) is 31.0 Å². The minimum absolute atomic E-state index is 0.474. The molecule has 1 N–H and O–H groups in total. The van der Waals surface area contributed by atoms with Crippen LogP contribution in [0, 0.1) is 13.8 Å². The van der Waals surface area contributed by atoms with E-state index in [0.717, 1.165) is 16.8 Å². The number of carbonyl (C=O) groups is 1. The Labute approximate surface area is 103 Å². The zero-order valence-corrected chi connectivity index (χ0v) is 10.0. The summed E-state index contributed by atoms with van der Waals surface area (Å²) in [6.45, 7) is 3.88. The Kier molecular flexibility index (Phi) is 2.97. The maximum absolute atomic E-state index is 11.3. The highest BCUT2D eigenvalue weighted by atomic mass is 16.4. The third-order valence-corrected chi connectivity index (χ3v) is 2.83. The van der Waals surface area contributed by atoms with Crippen molar-refractivity contribution in [3.8, 4) is 5.69 Å². The van der Waals surface area contributed by atoms with E-state index in [4.69, 9.17) is 5.11 Å². The molecule has 2 rings (SSSR count). The van der Waals surface area contributed by atoms with Crippen molar-refractivity contribution in [2.45, 2.75) is 13.8 Å². The number of aryl methyl sites for hydroxylation is 1. The summed E-state index contributed by atoms with van der Waals surface area (Å²) in [7, 11) is 0. The largest absolute Gasteiger partial charge is 0.476 e. The van der Waals surface area contributed by atoms with Gasteiger partial charge in [0.25, 0.3) is 0 Å². The first-order chi connectivity index (χ1) is 8.50. The van der Waals surface area contributed by atoms with Crippen molar-refractivity contribution in [3.05, 3.63) is 57.5 Å². The van der Waals surface area contributed by atoms with Crippen LogP contribution in [0.2, 0.25) is 0 Å². The quantitative estimate of drug-likeness (QED) is 0.869. The van der Waals surface area contributed by atoms with Crippen LogP contribution in [0.3, 0.4) is 0 Å². The highest BCUT2D eigenvalue weighted by molar-refractivity contribution is 5.84. The maximum Gasteiger partial charge on any atom is 0.360 e. The summed E-state index contributed by atoms with van der Waals surface area (Å²) in [6.07, 6.45) is 1.47. The molecule has 5 nitrogen and oxygen atoms in total.